The normalized spacial score (nSPS) is 43.6. The third-order valence-corrected chi connectivity index (χ3v) is 8.03. The van der Waals surface area contributed by atoms with Gasteiger partial charge in [0.1, 0.15) is 17.1 Å². The average molecular weight is 342 g/mol. The van der Waals surface area contributed by atoms with Crippen LogP contribution in [0.3, 0.4) is 0 Å². The molecule has 0 aromatic heterocycles. The van der Waals surface area contributed by atoms with Crippen LogP contribution >= 0.6 is 0 Å². The van der Waals surface area contributed by atoms with Crippen LogP contribution in [0.15, 0.2) is 12.1 Å². The molecule has 1 saturated heterocycles. The summed E-state index contributed by atoms with van der Waals surface area (Å²) in [4.78, 5) is 0. The molecule has 0 radical (unpaired) electrons. The van der Waals surface area contributed by atoms with E-state index < -0.39 is 0 Å². The number of hydrogen-bond acceptors (Lipinski definition) is 3. The lowest BCUT2D eigenvalue weighted by Crippen LogP contribution is -2.61. The lowest BCUT2D eigenvalue weighted by atomic mass is 9.44. The summed E-state index contributed by atoms with van der Waals surface area (Å²) in [5.41, 5.74) is 2.33. The molecule has 2 aliphatic heterocycles. The molecule has 2 saturated carbocycles. The van der Waals surface area contributed by atoms with Crippen LogP contribution in [-0.2, 0) is 4.74 Å². The predicted octanol–water partition coefficient (Wildman–Crippen LogP) is 5.15. The van der Waals surface area contributed by atoms with E-state index in [0.717, 1.165) is 29.9 Å². The molecule has 1 aromatic carbocycles. The molecule has 25 heavy (non-hydrogen) atoms. The van der Waals surface area contributed by atoms with E-state index in [4.69, 9.17) is 9.47 Å². The molecule has 136 valence electrons. The molecule has 0 bridgehead atoms. The molecule has 1 aromatic rings. The maximum atomic E-state index is 10.7. The smallest absolute Gasteiger partial charge is 0.129 e. The number of rotatable bonds is 0. The Labute approximate surface area is 150 Å². The van der Waals surface area contributed by atoms with Crippen molar-refractivity contribution in [3.8, 4) is 11.5 Å². The highest BCUT2D eigenvalue weighted by Crippen LogP contribution is 2.71. The molecule has 4 aliphatic rings. The van der Waals surface area contributed by atoms with Gasteiger partial charge in [0.2, 0.25) is 0 Å². The lowest BCUT2D eigenvalue weighted by molar-refractivity contribution is -0.156. The number of phenolic OH excluding ortho intramolecular Hbond substituents is 1. The van der Waals surface area contributed by atoms with Crippen molar-refractivity contribution in [2.45, 2.75) is 71.5 Å². The second kappa shape index (κ2) is 4.73. The fourth-order valence-corrected chi connectivity index (χ4v) is 7.20. The Kier molecular flexibility index (Phi) is 3.03. The predicted molar refractivity (Wildman–Crippen MR) is 96.8 cm³/mol. The highest BCUT2D eigenvalue weighted by Gasteiger charge is 2.69. The molecule has 2 aliphatic carbocycles. The molecule has 3 nitrogen and oxygen atoms in total. The Morgan fingerprint density at radius 1 is 1.12 bits per heavy atom. The minimum atomic E-state index is -0.182. The zero-order chi connectivity index (χ0) is 17.6. The van der Waals surface area contributed by atoms with Gasteiger partial charge in [-0.1, -0.05) is 20.3 Å². The summed E-state index contributed by atoms with van der Waals surface area (Å²) in [5, 5.41) is 10.7. The van der Waals surface area contributed by atoms with Crippen LogP contribution in [0, 0.1) is 29.6 Å². The largest absolute Gasteiger partial charge is 0.507 e. The zero-order valence-corrected chi connectivity index (χ0v) is 15.9. The number of ether oxygens (including phenoxy) is 2. The minimum absolute atomic E-state index is 0.0222. The summed E-state index contributed by atoms with van der Waals surface area (Å²) in [7, 11) is 0. The van der Waals surface area contributed by atoms with E-state index in [0.29, 0.717) is 23.0 Å². The number of aromatic hydroxyl groups is 1. The van der Waals surface area contributed by atoms with Crippen LogP contribution in [-0.4, -0.2) is 17.3 Å². The second-order valence-corrected chi connectivity index (χ2v) is 9.99. The molecule has 3 fully saturated rings. The van der Waals surface area contributed by atoms with Crippen LogP contribution in [0.4, 0.5) is 0 Å². The van der Waals surface area contributed by atoms with Gasteiger partial charge in [-0.15, -0.1) is 0 Å². The van der Waals surface area contributed by atoms with Crippen LogP contribution in [0.2, 0.25) is 0 Å². The van der Waals surface area contributed by atoms with Crippen molar-refractivity contribution >= 4 is 0 Å². The van der Waals surface area contributed by atoms with E-state index >= 15 is 0 Å². The average Bonchev–Trinajstić information content (AvgIpc) is 2.86. The van der Waals surface area contributed by atoms with Gasteiger partial charge in [0.25, 0.3) is 0 Å². The number of fused-ring (bicyclic) bond motifs is 2. The van der Waals surface area contributed by atoms with Gasteiger partial charge in [0, 0.05) is 11.3 Å². The number of benzene rings is 1. The van der Waals surface area contributed by atoms with Crippen molar-refractivity contribution in [1.29, 1.82) is 0 Å². The van der Waals surface area contributed by atoms with E-state index in [-0.39, 0.29) is 17.1 Å². The maximum absolute atomic E-state index is 10.7. The number of phenols is 1. The molecule has 0 amide bonds. The summed E-state index contributed by atoms with van der Waals surface area (Å²) in [6.07, 6.45) is 6.12. The quantitative estimate of drug-likeness (QED) is 0.709. The number of hydrogen-bond donors (Lipinski definition) is 1. The van der Waals surface area contributed by atoms with Gasteiger partial charge in [-0.2, -0.15) is 0 Å². The summed E-state index contributed by atoms with van der Waals surface area (Å²) < 4.78 is 13.1. The van der Waals surface area contributed by atoms with Gasteiger partial charge >= 0.3 is 0 Å². The van der Waals surface area contributed by atoms with Crippen molar-refractivity contribution in [3.63, 3.8) is 0 Å². The summed E-state index contributed by atoms with van der Waals surface area (Å²) in [6.45, 7) is 10.0. The van der Waals surface area contributed by atoms with E-state index in [2.05, 4.69) is 26.8 Å². The monoisotopic (exact) mass is 342 g/mol. The topological polar surface area (TPSA) is 38.7 Å². The third kappa shape index (κ3) is 1.91. The molecule has 4 unspecified atom stereocenters. The molecule has 1 N–H and O–H groups in total. The first-order chi connectivity index (χ1) is 11.8. The van der Waals surface area contributed by atoms with Crippen LogP contribution in [0.5, 0.6) is 11.5 Å². The highest BCUT2D eigenvalue weighted by atomic mass is 16.5. The van der Waals surface area contributed by atoms with Crippen molar-refractivity contribution in [2.75, 3.05) is 6.61 Å². The highest BCUT2D eigenvalue weighted by molar-refractivity contribution is 5.51. The summed E-state index contributed by atoms with van der Waals surface area (Å²) in [5.74, 6) is 2.22. The van der Waals surface area contributed by atoms with E-state index in [1.807, 2.05) is 13.0 Å². The first-order valence-electron chi connectivity index (χ1n) is 9.91. The van der Waals surface area contributed by atoms with Crippen LogP contribution in [0.25, 0.3) is 0 Å². The van der Waals surface area contributed by atoms with Crippen LogP contribution in [0.1, 0.15) is 70.1 Å². The molecule has 5 atom stereocenters. The van der Waals surface area contributed by atoms with Gasteiger partial charge in [0.05, 0.1) is 18.3 Å². The molecule has 2 heterocycles. The van der Waals surface area contributed by atoms with Gasteiger partial charge in [0.15, 0.2) is 0 Å². The Morgan fingerprint density at radius 2 is 1.92 bits per heavy atom. The van der Waals surface area contributed by atoms with Gasteiger partial charge in [-0.25, -0.2) is 0 Å². The Morgan fingerprint density at radius 3 is 2.72 bits per heavy atom. The Balaban J connectivity index is 1.69. The maximum Gasteiger partial charge on any atom is 0.129 e. The van der Waals surface area contributed by atoms with Crippen molar-refractivity contribution in [2.24, 2.45) is 22.7 Å². The first kappa shape index (κ1) is 16.0. The fourth-order valence-electron chi connectivity index (χ4n) is 7.20. The van der Waals surface area contributed by atoms with Gasteiger partial charge in [-0.05, 0) is 68.6 Å². The number of aryl methyl sites for hydroxylation is 1. The lowest BCUT2D eigenvalue weighted by Gasteiger charge is -2.61. The molecule has 5 rings (SSSR count). The van der Waals surface area contributed by atoms with Crippen molar-refractivity contribution in [1.82, 2.24) is 0 Å². The Hall–Kier alpha value is -1.22. The standard InChI is InChI=1S/C22H30O3/c1-13-10-14(23)17-15(11-13)25-21(4)9-6-16-20(2,3)7-5-8-22(16)12-24-18(17)19(21)22/h10-11,16,18-19,23H,5-9,12H2,1-4H3/t16?,18-,19?,21?,22?/m0/s1. The molecular weight excluding hydrogens is 312 g/mol. The van der Waals surface area contributed by atoms with Gasteiger partial charge < -0.3 is 14.6 Å². The fraction of sp³-hybridized carbons (Fsp3) is 0.727. The van der Waals surface area contributed by atoms with E-state index in [1.54, 1.807) is 0 Å². The van der Waals surface area contributed by atoms with Gasteiger partial charge in [-0.3, -0.25) is 0 Å². The van der Waals surface area contributed by atoms with E-state index in [9.17, 15) is 5.11 Å². The molecular formula is C22H30O3. The van der Waals surface area contributed by atoms with Crippen LogP contribution < -0.4 is 4.74 Å². The second-order valence-electron chi connectivity index (χ2n) is 9.99. The minimum Gasteiger partial charge on any atom is -0.507 e. The Bertz CT molecular complexity index is 739. The van der Waals surface area contributed by atoms with Crippen molar-refractivity contribution in [3.05, 3.63) is 23.3 Å². The van der Waals surface area contributed by atoms with E-state index in [1.165, 1.54) is 25.7 Å². The molecule has 1 spiro atoms. The van der Waals surface area contributed by atoms with Crippen molar-refractivity contribution < 1.29 is 14.6 Å². The summed E-state index contributed by atoms with van der Waals surface area (Å²) in [6, 6.07) is 3.92. The first-order valence-corrected chi connectivity index (χ1v) is 9.91. The SMILES string of the molecule is Cc1cc(O)c2c(c1)OC1(C)CCC3C(C)(C)CCCC34CO[C@@H]2C14. The zero-order valence-electron chi connectivity index (χ0n) is 15.9. The third-order valence-electron chi connectivity index (χ3n) is 8.03. The molecule has 3 heteroatoms. The summed E-state index contributed by atoms with van der Waals surface area (Å²) >= 11 is 0.